The van der Waals surface area contributed by atoms with Crippen molar-refractivity contribution in [2.24, 2.45) is 0 Å². The number of aryl methyl sites for hydroxylation is 2. The summed E-state index contributed by atoms with van der Waals surface area (Å²) in [4.78, 5) is 30.3. The van der Waals surface area contributed by atoms with E-state index < -0.39 is 0 Å². The van der Waals surface area contributed by atoms with Crippen LogP contribution in [0.15, 0.2) is 12.3 Å². The third kappa shape index (κ3) is 2.66. The lowest BCUT2D eigenvalue weighted by Crippen LogP contribution is -2.29. The molecule has 2 aromatic heterocycles. The Hall–Kier alpha value is -2.24. The fourth-order valence-corrected chi connectivity index (χ4v) is 2.82. The molecule has 1 aliphatic rings. The number of carbonyl (C=O) groups is 1. The number of H-pyrrole nitrogens is 1. The van der Waals surface area contributed by atoms with E-state index in [2.05, 4.69) is 19.9 Å². The maximum atomic E-state index is 11.7. The third-order valence-electron chi connectivity index (χ3n) is 3.77. The number of nitrogens with one attached hydrogen (secondary N) is 1. The van der Waals surface area contributed by atoms with E-state index in [1.165, 1.54) is 0 Å². The van der Waals surface area contributed by atoms with Gasteiger partial charge in [-0.05, 0) is 32.8 Å². The van der Waals surface area contributed by atoms with Crippen molar-refractivity contribution >= 4 is 5.91 Å². The van der Waals surface area contributed by atoms with Crippen LogP contribution in [0.1, 0.15) is 43.0 Å². The van der Waals surface area contributed by atoms with Crippen LogP contribution in [0.2, 0.25) is 0 Å². The largest absolute Gasteiger partial charge is 0.341 e. The molecule has 1 amide bonds. The van der Waals surface area contributed by atoms with Gasteiger partial charge >= 0.3 is 0 Å². The molecular formula is C15H19N5O. The average Bonchev–Trinajstić information content (AvgIpc) is 3.06. The second-order valence-corrected chi connectivity index (χ2v) is 5.54. The molecule has 1 saturated heterocycles. The van der Waals surface area contributed by atoms with Gasteiger partial charge in [-0.3, -0.25) is 4.79 Å². The van der Waals surface area contributed by atoms with Crippen molar-refractivity contribution in [3.63, 3.8) is 0 Å². The third-order valence-corrected chi connectivity index (χ3v) is 3.77. The quantitative estimate of drug-likeness (QED) is 0.917. The van der Waals surface area contributed by atoms with Crippen molar-refractivity contribution in [2.45, 2.75) is 39.7 Å². The van der Waals surface area contributed by atoms with Crippen LogP contribution in [-0.2, 0) is 4.79 Å². The molecule has 0 aliphatic carbocycles. The minimum absolute atomic E-state index is 0.0165. The monoisotopic (exact) mass is 285 g/mol. The van der Waals surface area contributed by atoms with Crippen molar-refractivity contribution in [1.29, 1.82) is 0 Å². The number of likely N-dealkylation sites (tertiary alicyclic amines) is 1. The minimum atomic E-state index is -0.0165. The van der Waals surface area contributed by atoms with Gasteiger partial charge in [0, 0.05) is 31.1 Å². The molecule has 6 nitrogen and oxygen atoms in total. The van der Waals surface area contributed by atoms with Crippen LogP contribution in [0.25, 0.3) is 11.5 Å². The van der Waals surface area contributed by atoms with Crippen LogP contribution >= 0.6 is 0 Å². The highest BCUT2D eigenvalue weighted by molar-refractivity contribution is 5.74. The molecule has 2 aromatic rings. The highest BCUT2D eigenvalue weighted by Crippen LogP contribution is 2.30. The first-order valence-electron chi connectivity index (χ1n) is 7.19. The zero-order chi connectivity index (χ0) is 15.0. The van der Waals surface area contributed by atoms with Crippen LogP contribution in [0, 0.1) is 13.8 Å². The number of hydrogen-bond acceptors (Lipinski definition) is 4. The van der Waals surface area contributed by atoms with Gasteiger partial charge in [0.15, 0.2) is 11.6 Å². The van der Waals surface area contributed by atoms with Crippen LogP contribution in [0.3, 0.4) is 0 Å². The molecule has 1 unspecified atom stereocenters. The van der Waals surface area contributed by atoms with Gasteiger partial charge in [-0.25, -0.2) is 15.0 Å². The molecule has 1 fully saturated rings. The Labute approximate surface area is 123 Å². The molecule has 0 radical (unpaired) electrons. The lowest BCUT2D eigenvalue weighted by molar-refractivity contribution is -0.129. The normalized spacial score (nSPS) is 18.2. The summed E-state index contributed by atoms with van der Waals surface area (Å²) in [5.74, 6) is 1.54. The molecule has 1 aliphatic heterocycles. The molecule has 1 N–H and O–H groups in total. The van der Waals surface area contributed by atoms with Crippen molar-refractivity contribution in [1.82, 2.24) is 24.8 Å². The zero-order valence-corrected chi connectivity index (χ0v) is 12.6. The van der Waals surface area contributed by atoms with E-state index in [1.54, 1.807) is 13.1 Å². The van der Waals surface area contributed by atoms with Gasteiger partial charge in [0.2, 0.25) is 5.91 Å². The number of carbonyl (C=O) groups excluding carboxylic acids is 1. The molecule has 3 rings (SSSR count). The van der Waals surface area contributed by atoms with Gasteiger partial charge in [-0.15, -0.1) is 0 Å². The Kier molecular flexibility index (Phi) is 3.45. The number of nitrogens with zero attached hydrogens (tertiary/aromatic N) is 4. The summed E-state index contributed by atoms with van der Waals surface area (Å²) in [6, 6.07) is 1.90. The maximum Gasteiger partial charge on any atom is 0.220 e. The van der Waals surface area contributed by atoms with Gasteiger partial charge in [-0.2, -0.15) is 0 Å². The second kappa shape index (κ2) is 5.27. The summed E-state index contributed by atoms with van der Waals surface area (Å²) in [5.41, 5.74) is 2.66. The molecule has 0 bridgehead atoms. The Balaban J connectivity index is 2.00. The molecule has 21 heavy (non-hydrogen) atoms. The summed E-state index contributed by atoms with van der Waals surface area (Å²) in [5, 5.41) is 0. The molecule has 1 atom stereocenters. The van der Waals surface area contributed by atoms with E-state index in [0.29, 0.717) is 5.82 Å². The highest BCUT2D eigenvalue weighted by Gasteiger charge is 2.30. The van der Waals surface area contributed by atoms with Gasteiger partial charge in [0.05, 0.1) is 6.04 Å². The lowest BCUT2D eigenvalue weighted by atomic mass is 10.2. The zero-order valence-electron chi connectivity index (χ0n) is 12.6. The Morgan fingerprint density at radius 1 is 1.38 bits per heavy atom. The molecule has 110 valence electrons. The van der Waals surface area contributed by atoms with Gasteiger partial charge in [0.25, 0.3) is 0 Å². The summed E-state index contributed by atoms with van der Waals surface area (Å²) in [6.45, 7) is 6.29. The molecule has 6 heteroatoms. The van der Waals surface area contributed by atoms with Crippen LogP contribution in [-0.4, -0.2) is 37.3 Å². The van der Waals surface area contributed by atoms with E-state index >= 15 is 0 Å². The molecule has 0 spiro atoms. The summed E-state index contributed by atoms with van der Waals surface area (Å²) < 4.78 is 0. The van der Waals surface area contributed by atoms with E-state index in [0.717, 1.165) is 42.3 Å². The fourth-order valence-electron chi connectivity index (χ4n) is 2.82. The van der Waals surface area contributed by atoms with E-state index in [4.69, 9.17) is 0 Å². The molecule has 3 heterocycles. The predicted molar refractivity (Wildman–Crippen MR) is 78.4 cm³/mol. The van der Waals surface area contributed by atoms with Crippen molar-refractivity contribution in [2.75, 3.05) is 6.54 Å². The first kappa shape index (κ1) is 13.7. The number of aromatic amines is 1. The Bertz CT molecular complexity index is 678. The minimum Gasteiger partial charge on any atom is -0.341 e. The first-order valence-corrected chi connectivity index (χ1v) is 7.19. The summed E-state index contributed by atoms with van der Waals surface area (Å²) >= 11 is 0. The Morgan fingerprint density at radius 3 is 2.86 bits per heavy atom. The van der Waals surface area contributed by atoms with Crippen LogP contribution < -0.4 is 0 Å². The average molecular weight is 285 g/mol. The molecular weight excluding hydrogens is 266 g/mol. The number of aromatic nitrogens is 4. The number of rotatable bonds is 2. The second-order valence-electron chi connectivity index (χ2n) is 5.54. The van der Waals surface area contributed by atoms with Gasteiger partial charge < -0.3 is 9.88 Å². The maximum absolute atomic E-state index is 11.7. The van der Waals surface area contributed by atoms with E-state index in [9.17, 15) is 4.79 Å². The van der Waals surface area contributed by atoms with Crippen molar-refractivity contribution in [3.05, 3.63) is 29.5 Å². The topological polar surface area (TPSA) is 74.8 Å². The predicted octanol–water partition coefficient (Wildman–Crippen LogP) is 2.17. The van der Waals surface area contributed by atoms with Crippen molar-refractivity contribution < 1.29 is 4.79 Å². The SMILES string of the molecule is CC(=O)N1CCCC1c1nc(C)cc(-c2ncc(C)[nH]2)n1. The van der Waals surface area contributed by atoms with Gasteiger partial charge in [-0.1, -0.05) is 0 Å². The standard InChI is InChI=1S/C15H19N5O/c1-9-7-12(14-16-8-10(2)18-14)19-15(17-9)13-5-4-6-20(13)11(3)21/h7-8,13H,4-6H2,1-3H3,(H,16,18). The van der Waals surface area contributed by atoms with E-state index in [1.807, 2.05) is 24.8 Å². The van der Waals surface area contributed by atoms with Crippen LogP contribution in [0.5, 0.6) is 0 Å². The van der Waals surface area contributed by atoms with E-state index in [-0.39, 0.29) is 11.9 Å². The number of imidazole rings is 1. The smallest absolute Gasteiger partial charge is 0.220 e. The highest BCUT2D eigenvalue weighted by atomic mass is 16.2. The van der Waals surface area contributed by atoms with Crippen molar-refractivity contribution in [3.8, 4) is 11.5 Å². The van der Waals surface area contributed by atoms with Gasteiger partial charge in [0.1, 0.15) is 5.69 Å². The lowest BCUT2D eigenvalue weighted by Gasteiger charge is -2.22. The fraction of sp³-hybridized carbons (Fsp3) is 0.467. The summed E-state index contributed by atoms with van der Waals surface area (Å²) in [7, 11) is 0. The first-order chi connectivity index (χ1) is 10.0. The molecule has 0 aromatic carbocycles. The Morgan fingerprint density at radius 2 is 2.19 bits per heavy atom. The number of amides is 1. The molecule has 0 saturated carbocycles. The summed E-state index contributed by atoms with van der Waals surface area (Å²) in [6.07, 6.45) is 3.69. The number of hydrogen-bond donors (Lipinski definition) is 1. The van der Waals surface area contributed by atoms with Crippen LogP contribution in [0.4, 0.5) is 0 Å².